The van der Waals surface area contributed by atoms with Crippen molar-refractivity contribution in [1.29, 1.82) is 5.41 Å². The van der Waals surface area contributed by atoms with Crippen LogP contribution in [0, 0.1) is 5.41 Å². The van der Waals surface area contributed by atoms with E-state index in [1.165, 1.54) is 11.3 Å². The molecule has 2 saturated heterocycles. The molecule has 2 N–H and O–H groups in total. The summed E-state index contributed by atoms with van der Waals surface area (Å²) in [6, 6.07) is 11.1. The Morgan fingerprint density at radius 3 is 2.64 bits per heavy atom. The molecule has 3 heterocycles. The highest BCUT2D eigenvalue weighted by molar-refractivity contribution is 7.12. The van der Waals surface area contributed by atoms with E-state index >= 15 is 0 Å². The predicted molar refractivity (Wildman–Crippen MR) is 106 cm³/mol. The SMILES string of the molecule is N=C1OC(CNC(=O)c2cccs2)CN1c1ccc(N2CCOCC2=O)cc1. The lowest BCUT2D eigenvalue weighted by atomic mass is 10.2. The number of amidine groups is 1. The molecule has 1 atom stereocenters. The number of nitrogens with zero attached hydrogens (tertiary/aromatic N) is 2. The minimum Gasteiger partial charge on any atom is -0.458 e. The summed E-state index contributed by atoms with van der Waals surface area (Å²) in [5.74, 6) is -0.194. The van der Waals surface area contributed by atoms with E-state index in [1.54, 1.807) is 15.9 Å². The van der Waals surface area contributed by atoms with Crippen LogP contribution in [0.4, 0.5) is 11.4 Å². The molecular weight excluding hydrogens is 380 g/mol. The smallest absolute Gasteiger partial charge is 0.289 e. The second-order valence-corrected chi connectivity index (χ2v) is 7.40. The average molecular weight is 400 g/mol. The fourth-order valence-electron chi connectivity index (χ4n) is 3.18. The van der Waals surface area contributed by atoms with E-state index in [0.717, 1.165) is 11.4 Å². The Bertz CT molecular complexity index is 869. The van der Waals surface area contributed by atoms with Crippen molar-refractivity contribution in [1.82, 2.24) is 5.32 Å². The highest BCUT2D eigenvalue weighted by atomic mass is 32.1. The summed E-state index contributed by atoms with van der Waals surface area (Å²) in [6.45, 7) is 1.96. The predicted octanol–water partition coefficient (Wildman–Crippen LogP) is 1.68. The molecule has 8 nitrogen and oxygen atoms in total. The summed E-state index contributed by atoms with van der Waals surface area (Å²) in [6.07, 6.45) is -0.295. The Morgan fingerprint density at radius 1 is 1.21 bits per heavy atom. The van der Waals surface area contributed by atoms with E-state index in [0.29, 0.717) is 31.1 Å². The summed E-state index contributed by atoms with van der Waals surface area (Å²) < 4.78 is 10.7. The van der Waals surface area contributed by atoms with Crippen LogP contribution >= 0.6 is 11.3 Å². The second-order valence-electron chi connectivity index (χ2n) is 6.46. The molecule has 0 radical (unpaired) electrons. The topological polar surface area (TPSA) is 95.0 Å². The van der Waals surface area contributed by atoms with Crippen LogP contribution in [-0.4, -0.2) is 56.8 Å². The molecule has 28 heavy (non-hydrogen) atoms. The third-order valence-electron chi connectivity index (χ3n) is 4.60. The van der Waals surface area contributed by atoms with Crippen molar-refractivity contribution in [3.63, 3.8) is 0 Å². The van der Waals surface area contributed by atoms with Crippen molar-refractivity contribution in [2.24, 2.45) is 0 Å². The lowest BCUT2D eigenvalue weighted by Gasteiger charge is -2.27. The molecule has 2 fully saturated rings. The average Bonchev–Trinajstić information content (AvgIpc) is 3.37. The number of hydrogen-bond acceptors (Lipinski definition) is 6. The van der Waals surface area contributed by atoms with E-state index < -0.39 is 0 Å². The molecule has 0 aliphatic carbocycles. The van der Waals surface area contributed by atoms with Gasteiger partial charge in [0.15, 0.2) is 0 Å². The maximum Gasteiger partial charge on any atom is 0.289 e. The Kier molecular flexibility index (Phi) is 5.27. The monoisotopic (exact) mass is 400 g/mol. The molecule has 0 saturated carbocycles. The minimum atomic E-state index is -0.295. The zero-order valence-corrected chi connectivity index (χ0v) is 15.9. The maximum atomic E-state index is 12.0. The van der Waals surface area contributed by atoms with Gasteiger partial charge in [-0.05, 0) is 35.7 Å². The van der Waals surface area contributed by atoms with Crippen LogP contribution in [0.5, 0.6) is 0 Å². The van der Waals surface area contributed by atoms with E-state index in [9.17, 15) is 9.59 Å². The Morgan fingerprint density at radius 2 is 1.96 bits per heavy atom. The van der Waals surface area contributed by atoms with E-state index in [-0.39, 0.29) is 30.5 Å². The van der Waals surface area contributed by atoms with Gasteiger partial charge in [-0.25, -0.2) is 0 Å². The third-order valence-corrected chi connectivity index (χ3v) is 5.47. The van der Waals surface area contributed by atoms with Crippen LogP contribution in [0.1, 0.15) is 9.67 Å². The van der Waals surface area contributed by atoms with Crippen molar-refractivity contribution < 1.29 is 19.1 Å². The lowest BCUT2D eigenvalue weighted by molar-refractivity contribution is -0.125. The quantitative estimate of drug-likeness (QED) is 0.796. The Labute approximate surface area is 166 Å². The molecule has 2 aliphatic rings. The molecule has 2 amide bonds. The van der Waals surface area contributed by atoms with Crippen LogP contribution in [0.2, 0.25) is 0 Å². The molecule has 146 valence electrons. The van der Waals surface area contributed by atoms with E-state index in [1.807, 2.05) is 35.7 Å². The summed E-state index contributed by atoms with van der Waals surface area (Å²) in [5, 5.41) is 12.8. The first-order valence-corrected chi connectivity index (χ1v) is 9.82. The number of hydrogen-bond donors (Lipinski definition) is 2. The van der Waals surface area contributed by atoms with Gasteiger partial charge >= 0.3 is 0 Å². The van der Waals surface area contributed by atoms with Crippen molar-refractivity contribution in [2.75, 3.05) is 42.6 Å². The van der Waals surface area contributed by atoms with Crippen LogP contribution in [0.15, 0.2) is 41.8 Å². The second kappa shape index (κ2) is 7.99. The van der Waals surface area contributed by atoms with Gasteiger partial charge in [0.2, 0.25) is 0 Å². The first-order valence-electron chi connectivity index (χ1n) is 8.94. The van der Waals surface area contributed by atoms with Crippen molar-refractivity contribution in [3.05, 3.63) is 46.7 Å². The summed E-state index contributed by atoms with van der Waals surface area (Å²) in [5.41, 5.74) is 1.62. The number of carbonyl (C=O) groups excluding carboxylic acids is 2. The van der Waals surface area contributed by atoms with Gasteiger partial charge in [0.25, 0.3) is 17.8 Å². The van der Waals surface area contributed by atoms with E-state index in [2.05, 4.69) is 5.32 Å². The molecule has 0 bridgehead atoms. The zero-order valence-electron chi connectivity index (χ0n) is 15.1. The Hall–Kier alpha value is -2.91. The molecule has 0 spiro atoms. The number of ether oxygens (including phenoxy) is 2. The largest absolute Gasteiger partial charge is 0.458 e. The van der Waals surface area contributed by atoms with Gasteiger partial charge in [0.05, 0.1) is 24.6 Å². The Balaban J connectivity index is 1.36. The van der Waals surface area contributed by atoms with Gasteiger partial charge in [0, 0.05) is 17.9 Å². The lowest BCUT2D eigenvalue weighted by Crippen LogP contribution is -2.41. The maximum absolute atomic E-state index is 12.0. The van der Waals surface area contributed by atoms with Gasteiger partial charge in [0.1, 0.15) is 12.7 Å². The fourth-order valence-corrected chi connectivity index (χ4v) is 3.82. The summed E-state index contributed by atoms with van der Waals surface area (Å²) in [7, 11) is 0. The summed E-state index contributed by atoms with van der Waals surface area (Å²) in [4.78, 5) is 28.1. The van der Waals surface area contributed by atoms with Crippen molar-refractivity contribution in [3.8, 4) is 0 Å². The van der Waals surface area contributed by atoms with Crippen LogP contribution in [0.3, 0.4) is 0 Å². The molecule has 2 aromatic rings. The number of morpholine rings is 1. The number of anilines is 2. The van der Waals surface area contributed by atoms with Crippen LogP contribution in [-0.2, 0) is 14.3 Å². The normalized spacial score (nSPS) is 19.6. The number of nitrogens with one attached hydrogen (secondary N) is 2. The number of benzene rings is 1. The summed E-state index contributed by atoms with van der Waals surface area (Å²) >= 11 is 1.38. The highest BCUT2D eigenvalue weighted by Crippen LogP contribution is 2.25. The molecular formula is C19H20N4O4S. The van der Waals surface area contributed by atoms with Crippen molar-refractivity contribution >= 4 is 40.5 Å². The molecule has 1 aromatic heterocycles. The number of rotatable bonds is 5. The molecule has 1 unspecified atom stereocenters. The molecule has 2 aliphatic heterocycles. The van der Waals surface area contributed by atoms with Gasteiger partial charge < -0.3 is 19.7 Å². The first-order chi connectivity index (χ1) is 13.6. The van der Waals surface area contributed by atoms with Gasteiger partial charge in [-0.15, -0.1) is 11.3 Å². The van der Waals surface area contributed by atoms with E-state index in [4.69, 9.17) is 14.9 Å². The standard InChI is InChI=1S/C19H20N4O4S/c20-19-23(11-15(27-19)10-21-18(25)16-2-1-9-28-16)14-5-3-13(4-6-14)22-7-8-26-12-17(22)24/h1-6,9,15,20H,7-8,10-12H2,(H,21,25). The third kappa shape index (κ3) is 3.85. The van der Waals surface area contributed by atoms with Crippen LogP contribution in [0.25, 0.3) is 0 Å². The minimum absolute atomic E-state index is 0.0468. The molecule has 1 aromatic carbocycles. The molecule has 4 rings (SSSR count). The fraction of sp³-hybridized carbons (Fsp3) is 0.316. The molecule has 9 heteroatoms. The number of carbonyl (C=O) groups is 2. The van der Waals surface area contributed by atoms with Gasteiger partial charge in [-0.3, -0.25) is 19.9 Å². The van der Waals surface area contributed by atoms with Crippen molar-refractivity contribution in [2.45, 2.75) is 6.10 Å². The van der Waals surface area contributed by atoms with Gasteiger partial charge in [-0.1, -0.05) is 6.07 Å². The number of amides is 2. The number of thiophene rings is 1. The first kappa shape index (κ1) is 18.5. The zero-order chi connectivity index (χ0) is 19.5. The van der Waals surface area contributed by atoms with Gasteiger partial charge in [-0.2, -0.15) is 0 Å². The van der Waals surface area contributed by atoms with Crippen LogP contribution < -0.4 is 15.1 Å². The highest BCUT2D eigenvalue weighted by Gasteiger charge is 2.30.